The molecule has 1 saturated heterocycles. The van der Waals surface area contributed by atoms with E-state index in [9.17, 15) is 9.59 Å². The molecule has 0 amide bonds. The van der Waals surface area contributed by atoms with Crippen LogP contribution in [0.25, 0.3) is 0 Å². The average Bonchev–Trinajstić information content (AvgIpc) is 2.30. The van der Waals surface area contributed by atoms with Crippen LogP contribution in [0.2, 0.25) is 0 Å². The molecule has 82 valence electrons. The Morgan fingerprint density at radius 1 is 1.64 bits per heavy atom. The molecule has 2 unspecified atom stereocenters. The normalized spacial score (nSPS) is 32.6. The van der Waals surface area contributed by atoms with Crippen LogP contribution in [0.1, 0.15) is 13.8 Å². The third-order valence-electron chi connectivity index (χ3n) is 3.08. The van der Waals surface area contributed by atoms with Crippen LogP contribution in [0.3, 0.4) is 0 Å². The number of hydrogen-bond donors (Lipinski definition) is 0. The smallest absolute Gasteiger partial charge is 0.320 e. The van der Waals surface area contributed by atoms with Gasteiger partial charge >= 0.3 is 5.97 Å². The molecule has 1 fully saturated rings. The monoisotopic (exact) mass is 221 g/mol. The molecule has 1 rings (SSSR count). The van der Waals surface area contributed by atoms with E-state index in [4.69, 9.17) is 0 Å². The summed E-state index contributed by atoms with van der Waals surface area (Å²) in [4.78, 5) is 24.9. The third-order valence-corrected chi connectivity index (χ3v) is 3.08. The molecule has 5 heteroatoms. The highest BCUT2D eigenvalue weighted by molar-refractivity contribution is 6.06. The average molecular weight is 222 g/mol. The first kappa shape index (κ1) is 13.4. The number of methoxy groups -OCH3 is 1. The second kappa shape index (κ2) is 4.28. The van der Waals surface area contributed by atoms with Gasteiger partial charge in [-0.3, -0.25) is 14.5 Å². The van der Waals surface area contributed by atoms with Crippen molar-refractivity contribution < 1.29 is 14.3 Å². The summed E-state index contributed by atoms with van der Waals surface area (Å²) >= 11 is 0. The molecular formula is C9H16ClNO3. The summed E-state index contributed by atoms with van der Waals surface area (Å²) in [5.74, 6) is -0.497. The summed E-state index contributed by atoms with van der Waals surface area (Å²) in [5.41, 5.74) is -0.983. The fourth-order valence-corrected chi connectivity index (χ4v) is 1.70. The maximum absolute atomic E-state index is 11.6. The molecule has 14 heavy (non-hydrogen) atoms. The van der Waals surface area contributed by atoms with Gasteiger partial charge in [-0.1, -0.05) is 0 Å². The highest BCUT2D eigenvalue weighted by Crippen LogP contribution is 2.33. The van der Waals surface area contributed by atoms with Crippen molar-refractivity contribution in [3.05, 3.63) is 0 Å². The Morgan fingerprint density at radius 2 is 2.14 bits per heavy atom. The minimum atomic E-state index is -0.983. The van der Waals surface area contributed by atoms with Crippen molar-refractivity contribution in [2.45, 2.75) is 19.9 Å². The number of likely N-dealkylation sites (N-methyl/N-ethyl adjacent to an activating group) is 1. The van der Waals surface area contributed by atoms with Crippen LogP contribution in [-0.4, -0.2) is 43.4 Å². The van der Waals surface area contributed by atoms with E-state index in [0.717, 1.165) is 0 Å². The molecule has 1 aliphatic rings. The Bertz CT molecular complexity index is 246. The second-order valence-corrected chi connectivity index (χ2v) is 3.71. The molecule has 0 aromatic carbocycles. The van der Waals surface area contributed by atoms with Crippen LogP contribution >= 0.6 is 12.4 Å². The Hall–Kier alpha value is -0.610. The molecule has 0 N–H and O–H groups in total. The molecule has 0 radical (unpaired) electrons. The highest BCUT2D eigenvalue weighted by Gasteiger charge is 2.53. The number of likely N-dealkylation sites (tertiary alicyclic amines) is 1. The topological polar surface area (TPSA) is 46.6 Å². The largest absolute Gasteiger partial charge is 0.468 e. The number of carbonyl (C=O) groups is 2. The van der Waals surface area contributed by atoms with E-state index in [2.05, 4.69) is 4.74 Å². The quantitative estimate of drug-likeness (QED) is 0.478. The summed E-state index contributed by atoms with van der Waals surface area (Å²) in [6.45, 7) is 3.84. The van der Waals surface area contributed by atoms with Crippen LogP contribution in [0.4, 0.5) is 0 Å². The van der Waals surface area contributed by atoms with Crippen molar-refractivity contribution in [1.82, 2.24) is 4.90 Å². The number of hydrogen-bond acceptors (Lipinski definition) is 4. The number of ketones is 1. The maximum atomic E-state index is 11.6. The molecule has 1 aliphatic heterocycles. The number of esters is 1. The minimum Gasteiger partial charge on any atom is -0.468 e. The maximum Gasteiger partial charge on any atom is 0.320 e. The van der Waals surface area contributed by atoms with Crippen LogP contribution in [-0.2, 0) is 14.3 Å². The number of nitrogens with zero attached hydrogens (tertiary/aromatic N) is 1. The van der Waals surface area contributed by atoms with Crippen LogP contribution in [0, 0.1) is 5.41 Å². The van der Waals surface area contributed by atoms with E-state index in [1.807, 2.05) is 18.9 Å². The lowest BCUT2D eigenvalue weighted by Gasteiger charge is -2.26. The second-order valence-electron chi connectivity index (χ2n) is 3.71. The first-order valence-electron chi connectivity index (χ1n) is 4.26. The third kappa shape index (κ3) is 1.64. The van der Waals surface area contributed by atoms with Crippen molar-refractivity contribution in [3.8, 4) is 0 Å². The number of halogens is 1. The fraction of sp³-hybridized carbons (Fsp3) is 0.778. The van der Waals surface area contributed by atoms with Crippen molar-refractivity contribution >= 4 is 24.2 Å². The number of carbonyl (C=O) groups excluding carboxylic acids is 2. The summed E-state index contributed by atoms with van der Waals surface area (Å²) in [7, 11) is 3.14. The highest BCUT2D eigenvalue weighted by atomic mass is 35.5. The van der Waals surface area contributed by atoms with Gasteiger partial charge in [-0.25, -0.2) is 0 Å². The predicted octanol–water partition coefficient (Wildman–Crippen LogP) is 0.490. The van der Waals surface area contributed by atoms with Gasteiger partial charge in [0.2, 0.25) is 0 Å². The Labute approximate surface area is 90.0 Å². The van der Waals surface area contributed by atoms with Gasteiger partial charge in [-0.05, 0) is 20.9 Å². The van der Waals surface area contributed by atoms with Gasteiger partial charge in [-0.2, -0.15) is 0 Å². The van der Waals surface area contributed by atoms with E-state index in [-0.39, 0.29) is 24.2 Å². The first-order chi connectivity index (χ1) is 5.94. The van der Waals surface area contributed by atoms with Gasteiger partial charge in [0.15, 0.2) is 5.78 Å². The van der Waals surface area contributed by atoms with Crippen molar-refractivity contribution in [2.24, 2.45) is 5.41 Å². The lowest BCUT2D eigenvalue weighted by molar-refractivity contribution is -0.156. The minimum absolute atomic E-state index is 0. The van der Waals surface area contributed by atoms with E-state index in [1.54, 1.807) is 6.92 Å². The van der Waals surface area contributed by atoms with Gasteiger partial charge in [-0.15, -0.1) is 12.4 Å². The van der Waals surface area contributed by atoms with Crippen molar-refractivity contribution in [3.63, 3.8) is 0 Å². The summed E-state index contributed by atoms with van der Waals surface area (Å²) < 4.78 is 4.64. The zero-order valence-corrected chi connectivity index (χ0v) is 9.68. The Morgan fingerprint density at radius 3 is 2.43 bits per heavy atom. The van der Waals surface area contributed by atoms with E-state index >= 15 is 0 Å². The van der Waals surface area contributed by atoms with Gasteiger partial charge in [0.25, 0.3) is 0 Å². The van der Waals surface area contributed by atoms with Gasteiger partial charge in [0.1, 0.15) is 5.41 Å². The summed E-state index contributed by atoms with van der Waals surface area (Å²) in [6.07, 6.45) is 0. The predicted molar refractivity (Wildman–Crippen MR) is 54.5 cm³/mol. The fourth-order valence-electron chi connectivity index (χ4n) is 1.70. The summed E-state index contributed by atoms with van der Waals surface area (Å²) in [6, 6.07) is -0.0903. The number of rotatable bonds is 1. The molecule has 0 aliphatic carbocycles. The lowest BCUT2D eigenvalue weighted by atomic mass is 9.82. The lowest BCUT2D eigenvalue weighted by Crippen LogP contribution is -2.43. The molecule has 0 spiro atoms. The standard InChI is InChI=1S/C9H15NO3.ClH/c1-6-9(2,8(12)13-4)7(11)5-10(6)3;/h6H,5H2,1-4H3;1H. The first-order valence-corrected chi connectivity index (χ1v) is 4.26. The molecule has 0 bridgehead atoms. The summed E-state index contributed by atoms with van der Waals surface area (Å²) in [5, 5.41) is 0. The van der Waals surface area contributed by atoms with Crippen LogP contribution in [0.15, 0.2) is 0 Å². The zero-order chi connectivity index (χ0) is 10.2. The zero-order valence-electron chi connectivity index (χ0n) is 8.86. The van der Waals surface area contributed by atoms with Gasteiger partial charge in [0, 0.05) is 6.04 Å². The van der Waals surface area contributed by atoms with E-state index in [1.165, 1.54) is 7.11 Å². The Kier molecular flexibility index (Phi) is 4.09. The molecular weight excluding hydrogens is 206 g/mol. The van der Waals surface area contributed by atoms with Gasteiger partial charge in [0.05, 0.1) is 13.7 Å². The molecule has 1 heterocycles. The Balaban J connectivity index is 0.00000169. The molecule has 0 aromatic rings. The number of Topliss-reactive ketones (excluding diaryl/α,β-unsaturated/α-hetero) is 1. The van der Waals surface area contributed by atoms with Crippen LogP contribution in [0.5, 0.6) is 0 Å². The van der Waals surface area contributed by atoms with Crippen molar-refractivity contribution in [1.29, 1.82) is 0 Å². The molecule has 2 atom stereocenters. The molecule has 0 aromatic heterocycles. The molecule has 4 nitrogen and oxygen atoms in total. The van der Waals surface area contributed by atoms with E-state index < -0.39 is 11.4 Å². The van der Waals surface area contributed by atoms with Crippen LogP contribution < -0.4 is 0 Å². The molecule has 0 saturated carbocycles. The van der Waals surface area contributed by atoms with Gasteiger partial charge < -0.3 is 4.74 Å². The van der Waals surface area contributed by atoms with E-state index in [0.29, 0.717) is 6.54 Å². The number of ether oxygens (including phenoxy) is 1. The van der Waals surface area contributed by atoms with Crippen molar-refractivity contribution in [2.75, 3.05) is 20.7 Å². The SMILES string of the molecule is COC(=O)C1(C)C(=O)CN(C)C1C.Cl.